The van der Waals surface area contributed by atoms with Crippen LogP contribution in [-0.2, 0) is 38.0 Å². The number of cyclic esters (lactones) is 1. The lowest BCUT2D eigenvalue weighted by Crippen LogP contribution is -2.61. The Morgan fingerprint density at radius 2 is 1.70 bits per heavy atom. The van der Waals surface area contributed by atoms with Gasteiger partial charge < -0.3 is 49.1 Å². The fraction of sp³-hybridized carbons (Fsp3) is 0.762. The molecule has 4 rings (SSSR count). The largest absolute Gasteiger partial charge is 0.458 e. The highest BCUT2D eigenvalue weighted by Crippen LogP contribution is 2.43. The van der Waals surface area contributed by atoms with Crippen molar-refractivity contribution in [3.05, 3.63) is 35.9 Å². The van der Waals surface area contributed by atoms with Gasteiger partial charge in [0.25, 0.3) is 0 Å². The van der Waals surface area contributed by atoms with Gasteiger partial charge in [-0.05, 0) is 92.6 Å². The number of benzene rings is 1. The van der Waals surface area contributed by atoms with Gasteiger partial charge in [-0.3, -0.25) is 9.59 Å². The number of hydrogen-bond acceptors (Lipinski definition) is 13. The molecule has 1 aromatic carbocycles. The van der Waals surface area contributed by atoms with Gasteiger partial charge >= 0.3 is 18.0 Å². The summed E-state index contributed by atoms with van der Waals surface area (Å²) in [5.41, 5.74) is 3.53. The molecule has 0 radical (unpaired) electrons. The lowest BCUT2D eigenvalue weighted by Gasteiger charge is -2.48. The third-order valence-electron chi connectivity index (χ3n) is 12.5. The van der Waals surface area contributed by atoms with Crippen molar-refractivity contribution >= 4 is 23.8 Å². The fourth-order valence-electron chi connectivity index (χ4n) is 9.17. The third-order valence-corrected chi connectivity index (χ3v) is 12.5. The molecule has 56 heavy (non-hydrogen) atoms. The lowest BCUT2D eigenvalue weighted by molar-refractivity contribution is -0.300. The first-order valence-electron chi connectivity index (χ1n) is 20.2. The number of unbranched alkanes of at least 4 members (excludes halogenated alkanes) is 1. The maximum atomic E-state index is 14.7. The van der Waals surface area contributed by atoms with Crippen LogP contribution in [0.3, 0.4) is 0 Å². The van der Waals surface area contributed by atoms with E-state index in [1.165, 1.54) is 7.11 Å². The summed E-state index contributed by atoms with van der Waals surface area (Å²) in [7, 11) is 5.31. The Balaban J connectivity index is 1.80. The van der Waals surface area contributed by atoms with Crippen LogP contribution in [-0.4, -0.2) is 133 Å². The summed E-state index contributed by atoms with van der Waals surface area (Å²) < 4.78 is 38.1. The average molecular weight is 790 g/mol. The van der Waals surface area contributed by atoms with Crippen molar-refractivity contribution in [2.45, 2.75) is 148 Å². The molecular formula is C42H67N3O11. The Morgan fingerprint density at radius 1 is 1.04 bits per heavy atom. The number of methoxy groups -OCH3 is 1. The number of esters is 2. The molecule has 0 unspecified atom stereocenters. The molecule has 0 saturated carbocycles. The van der Waals surface area contributed by atoms with Crippen molar-refractivity contribution in [3.63, 3.8) is 0 Å². The molecule has 0 spiro atoms. The zero-order valence-electron chi connectivity index (χ0n) is 35.3. The van der Waals surface area contributed by atoms with Gasteiger partial charge in [0.2, 0.25) is 0 Å². The number of hydrogen-bond donors (Lipinski definition) is 2. The first-order valence-corrected chi connectivity index (χ1v) is 20.2. The van der Waals surface area contributed by atoms with E-state index in [-0.39, 0.29) is 30.8 Å². The number of carbonyl (C=O) groups excluding carboxylic acids is 4. The number of Topliss-reactive ketones (excluding diaryl/α,β-unsaturated/α-hetero) is 1. The lowest BCUT2D eigenvalue weighted by atomic mass is 9.73. The first kappa shape index (κ1) is 45.6. The Bertz CT molecular complexity index is 1500. The molecule has 1 aromatic rings. The van der Waals surface area contributed by atoms with Crippen molar-refractivity contribution in [3.8, 4) is 0 Å². The Kier molecular flexibility index (Phi) is 15.5. The zero-order chi connectivity index (χ0) is 41.7. The molecule has 3 aliphatic heterocycles. The number of rotatable bonds is 11. The van der Waals surface area contributed by atoms with Crippen LogP contribution in [0.5, 0.6) is 0 Å². The second-order valence-electron chi connectivity index (χ2n) is 16.8. The minimum absolute atomic E-state index is 0.143. The molecule has 3 aliphatic rings. The van der Waals surface area contributed by atoms with Gasteiger partial charge in [0.05, 0.1) is 47.5 Å². The molecule has 3 fully saturated rings. The predicted octanol–water partition coefficient (Wildman–Crippen LogP) is 4.59. The molecule has 0 aromatic heterocycles. The number of aliphatic hydroxyl groups excluding tert-OH is 1. The average Bonchev–Trinajstić information content (AvgIpc) is 3.43. The Morgan fingerprint density at radius 3 is 2.29 bits per heavy atom. The topological polar surface area (TPSA) is 176 Å². The van der Waals surface area contributed by atoms with Crippen LogP contribution in [0.25, 0.3) is 0 Å². The number of ketones is 1. The number of ether oxygens (including phenoxy) is 6. The highest BCUT2D eigenvalue weighted by Gasteiger charge is 2.60. The van der Waals surface area contributed by atoms with Crippen molar-refractivity contribution < 1.29 is 52.7 Å². The van der Waals surface area contributed by atoms with E-state index in [0.717, 1.165) is 0 Å². The van der Waals surface area contributed by atoms with E-state index in [2.05, 4.69) is 0 Å². The van der Waals surface area contributed by atoms with Gasteiger partial charge in [-0.25, -0.2) is 9.59 Å². The van der Waals surface area contributed by atoms with E-state index in [4.69, 9.17) is 34.2 Å². The minimum atomic E-state index is -1.36. The predicted molar refractivity (Wildman–Crippen MR) is 208 cm³/mol. The molecule has 14 heteroatoms. The fourth-order valence-corrected chi connectivity index (χ4v) is 9.17. The van der Waals surface area contributed by atoms with Gasteiger partial charge in [-0.15, -0.1) is 0 Å². The molecule has 14 nitrogen and oxygen atoms in total. The van der Waals surface area contributed by atoms with Crippen LogP contribution < -0.4 is 5.73 Å². The smallest absolute Gasteiger partial charge is 0.410 e. The molecular weight excluding hydrogens is 722 g/mol. The quantitative estimate of drug-likeness (QED) is 0.181. The summed E-state index contributed by atoms with van der Waals surface area (Å²) in [6.07, 6.45) is -3.90. The standard InChI is InChI=1S/C42H67N3O11/c1-12-31-42(8)35(45(40(50)56-42)21-17-16-20-43)26(4)32(46)24(2)23-41(7,51-11)36(27(5)33(47)28(6)37(48)53-31)55-39-34(30(44(9)10)22-25(3)52-39)54-38(49)29-18-14-13-15-19-29/h13-15,18-19,24-28,30-31,33-36,39,47H,12,16-17,20-23,43H2,1-11H3/t24-,25-,26+,27+,28-,30+,31+,33-,34-,35-,36-,39+,41+,42-/m1/s1. The van der Waals surface area contributed by atoms with E-state index in [1.54, 1.807) is 56.9 Å². The maximum absolute atomic E-state index is 14.7. The molecule has 1 amide bonds. The van der Waals surface area contributed by atoms with Crippen LogP contribution in [0, 0.1) is 23.7 Å². The van der Waals surface area contributed by atoms with Crippen LogP contribution in [0.4, 0.5) is 4.79 Å². The van der Waals surface area contributed by atoms with E-state index in [9.17, 15) is 24.3 Å². The second-order valence-corrected chi connectivity index (χ2v) is 16.8. The number of nitrogens with two attached hydrogens (primary N) is 1. The number of carbonyl (C=O) groups is 4. The Labute approximate surface area is 333 Å². The molecule has 0 bridgehead atoms. The van der Waals surface area contributed by atoms with E-state index in [0.29, 0.717) is 37.9 Å². The first-order chi connectivity index (χ1) is 26.3. The van der Waals surface area contributed by atoms with Crippen LogP contribution >= 0.6 is 0 Å². The van der Waals surface area contributed by atoms with E-state index in [1.807, 2.05) is 52.8 Å². The molecule has 3 saturated heterocycles. The number of aliphatic hydroxyl groups is 1. The number of amides is 1. The van der Waals surface area contributed by atoms with Crippen molar-refractivity contribution in [2.75, 3.05) is 34.3 Å². The molecule has 0 aliphatic carbocycles. The van der Waals surface area contributed by atoms with Gasteiger partial charge in [-0.1, -0.05) is 45.9 Å². The van der Waals surface area contributed by atoms with Gasteiger partial charge in [0, 0.05) is 31.4 Å². The van der Waals surface area contributed by atoms with Crippen LogP contribution in [0.15, 0.2) is 30.3 Å². The highest BCUT2D eigenvalue weighted by atomic mass is 16.7. The number of fused-ring (bicyclic) bond motifs is 1. The van der Waals surface area contributed by atoms with E-state index >= 15 is 0 Å². The summed E-state index contributed by atoms with van der Waals surface area (Å²) in [6.45, 7) is 15.0. The molecule has 3 heterocycles. The monoisotopic (exact) mass is 789 g/mol. The number of nitrogens with zero attached hydrogens (tertiary/aromatic N) is 2. The van der Waals surface area contributed by atoms with Crippen molar-refractivity contribution in [1.29, 1.82) is 0 Å². The maximum Gasteiger partial charge on any atom is 0.410 e. The second kappa shape index (κ2) is 19.1. The minimum Gasteiger partial charge on any atom is -0.458 e. The van der Waals surface area contributed by atoms with Crippen LogP contribution in [0.1, 0.15) is 97.9 Å². The number of likely N-dealkylation sites (N-methyl/N-ethyl adjacent to an activating group) is 1. The molecule has 3 N–H and O–H groups in total. The molecule has 14 atom stereocenters. The third kappa shape index (κ3) is 9.58. The SMILES string of the molecule is CC[C@@H]1OC(=O)[C@H](C)[C@H](O)[C@H](C)[C@@H](O[C@@H]2O[C@H](C)C[C@H](N(C)C)[C@H]2OC(=O)c2ccccc2)[C@@](C)(OC)C[C@@H](C)C(=O)[C@H](C)[C@H]2N(CCCCN)C(=O)O[C@]12C. The van der Waals surface area contributed by atoms with Crippen LogP contribution in [0.2, 0.25) is 0 Å². The van der Waals surface area contributed by atoms with E-state index < -0.39 is 89.7 Å². The summed E-state index contributed by atoms with van der Waals surface area (Å²) in [5.74, 6) is -4.61. The summed E-state index contributed by atoms with van der Waals surface area (Å²) in [6, 6.07) is 7.61. The normalized spacial score (nSPS) is 38.8. The summed E-state index contributed by atoms with van der Waals surface area (Å²) in [5, 5.41) is 12.0. The summed E-state index contributed by atoms with van der Waals surface area (Å²) in [4.78, 5) is 59.3. The molecule has 316 valence electrons. The Hall–Kier alpha value is -3.14. The highest BCUT2D eigenvalue weighted by molar-refractivity contribution is 5.89. The zero-order valence-corrected chi connectivity index (χ0v) is 35.3. The van der Waals surface area contributed by atoms with Gasteiger partial charge in [0.15, 0.2) is 18.0 Å². The van der Waals surface area contributed by atoms with Crippen molar-refractivity contribution in [1.82, 2.24) is 9.80 Å². The van der Waals surface area contributed by atoms with Crippen molar-refractivity contribution in [2.24, 2.45) is 29.4 Å². The van der Waals surface area contributed by atoms with Gasteiger partial charge in [-0.2, -0.15) is 0 Å². The van der Waals surface area contributed by atoms with Gasteiger partial charge in [0.1, 0.15) is 11.9 Å². The summed E-state index contributed by atoms with van der Waals surface area (Å²) >= 11 is 0.